The Bertz CT molecular complexity index is 719. The van der Waals surface area contributed by atoms with Gasteiger partial charge in [0.2, 0.25) is 5.91 Å². The van der Waals surface area contributed by atoms with E-state index in [1.54, 1.807) is 13.0 Å². The standard InChI is InChI=1S/C18H20ClN3O2/c1-12-8-9-15(10-16(12)19)21-13(2)17(23)22-18(24)20-11-14-6-4-3-5-7-14/h3-10,13,21H,11H2,1-2H3,(H2,20,22,23,24). The third-order valence-corrected chi connectivity index (χ3v) is 3.89. The lowest BCUT2D eigenvalue weighted by Gasteiger charge is -2.15. The van der Waals surface area contributed by atoms with Crippen molar-refractivity contribution in [3.8, 4) is 0 Å². The van der Waals surface area contributed by atoms with Crippen LogP contribution in [-0.2, 0) is 11.3 Å². The summed E-state index contributed by atoms with van der Waals surface area (Å²) in [5, 5.41) is 8.59. The lowest BCUT2D eigenvalue weighted by Crippen LogP contribution is -2.45. The number of hydrogen-bond acceptors (Lipinski definition) is 3. The molecule has 0 spiro atoms. The van der Waals surface area contributed by atoms with E-state index in [9.17, 15) is 9.59 Å². The first kappa shape index (κ1) is 17.8. The molecule has 0 aromatic heterocycles. The molecule has 0 bridgehead atoms. The molecule has 1 atom stereocenters. The van der Waals surface area contributed by atoms with E-state index in [1.807, 2.05) is 49.4 Å². The first-order chi connectivity index (χ1) is 11.5. The SMILES string of the molecule is Cc1ccc(NC(C)C(=O)NC(=O)NCc2ccccc2)cc1Cl. The molecule has 2 rings (SSSR count). The smallest absolute Gasteiger partial charge is 0.321 e. The number of hydrogen-bond donors (Lipinski definition) is 3. The van der Waals surface area contributed by atoms with Gasteiger partial charge in [-0.1, -0.05) is 48.0 Å². The van der Waals surface area contributed by atoms with Crippen LogP contribution < -0.4 is 16.0 Å². The Balaban J connectivity index is 1.82. The highest BCUT2D eigenvalue weighted by Gasteiger charge is 2.15. The fourth-order valence-electron chi connectivity index (χ4n) is 2.04. The number of aryl methyl sites for hydroxylation is 1. The van der Waals surface area contributed by atoms with Crippen LogP contribution in [0.1, 0.15) is 18.1 Å². The zero-order valence-electron chi connectivity index (χ0n) is 13.6. The molecule has 0 saturated heterocycles. The van der Waals surface area contributed by atoms with E-state index in [4.69, 9.17) is 11.6 Å². The van der Waals surface area contributed by atoms with E-state index in [2.05, 4.69) is 16.0 Å². The Hall–Kier alpha value is -2.53. The van der Waals surface area contributed by atoms with Crippen LogP contribution in [0.4, 0.5) is 10.5 Å². The van der Waals surface area contributed by atoms with Crippen LogP contribution >= 0.6 is 11.6 Å². The third-order valence-electron chi connectivity index (χ3n) is 3.48. The summed E-state index contributed by atoms with van der Waals surface area (Å²) in [7, 11) is 0. The van der Waals surface area contributed by atoms with Crippen molar-refractivity contribution in [1.29, 1.82) is 0 Å². The van der Waals surface area contributed by atoms with Gasteiger partial charge in [-0.25, -0.2) is 4.79 Å². The van der Waals surface area contributed by atoms with Crippen molar-refractivity contribution in [3.63, 3.8) is 0 Å². The summed E-state index contributed by atoms with van der Waals surface area (Å²) in [5.74, 6) is -0.419. The third kappa shape index (κ3) is 5.28. The molecule has 3 amide bonds. The van der Waals surface area contributed by atoms with Gasteiger partial charge >= 0.3 is 6.03 Å². The van der Waals surface area contributed by atoms with E-state index in [-0.39, 0.29) is 0 Å². The molecule has 2 aromatic carbocycles. The molecule has 0 fully saturated rings. The number of benzene rings is 2. The lowest BCUT2D eigenvalue weighted by atomic mass is 10.2. The summed E-state index contributed by atoms with van der Waals surface area (Å²) in [5.41, 5.74) is 2.64. The van der Waals surface area contributed by atoms with Crippen LogP contribution in [0.5, 0.6) is 0 Å². The molecule has 5 nitrogen and oxygen atoms in total. The number of nitrogens with one attached hydrogen (secondary N) is 3. The van der Waals surface area contributed by atoms with E-state index in [0.29, 0.717) is 11.6 Å². The van der Waals surface area contributed by atoms with Crippen molar-refractivity contribution in [1.82, 2.24) is 10.6 Å². The minimum Gasteiger partial charge on any atom is -0.374 e. The molecular formula is C18H20ClN3O2. The largest absolute Gasteiger partial charge is 0.374 e. The van der Waals surface area contributed by atoms with E-state index >= 15 is 0 Å². The summed E-state index contributed by atoms with van der Waals surface area (Å²) in [4.78, 5) is 23.8. The second kappa shape index (κ2) is 8.36. The zero-order valence-corrected chi connectivity index (χ0v) is 14.4. The van der Waals surface area contributed by atoms with Gasteiger partial charge in [0.25, 0.3) is 0 Å². The number of rotatable bonds is 5. The van der Waals surface area contributed by atoms with Crippen LogP contribution in [0.2, 0.25) is 5.02 Å². The van der Waals surface area contributed by atoms with Crippen molar-refractivity contribution in [3.05, 3.63) is 64.7 Å². The molecule has 126 valence electrons. The first-order valence-corrected chi connectivity index (χ1v) is 7.99. The fourth-order valence-corrected chi connectivity index (χ4v) is 2.22. The number of amides is 3. The Labute approximate surface area is 146 Å². The molecule has 24 heavy (non-hydrogen) atoms. The molecule has 0 aliphatic carbocycles. The Morgan fingerprint density at radius 2 is 1.83 bits per heavy atom. The number of urea groups is 1. The van der Waals surface area contributed by atoms with Crippen molar-refractivity contribution in [2.45, 2.75) is 26.4 Å². The fraction of sp³-hybridized carbons (Fsp3) is 0.222. The van der Waals surface area contributed by atoms with Crippen LogP contribution in [0, 0.1) is 6.92 Å². The van der Waals surface area contributed by atoms with Gasteiger partial charge in [0.15, 0.2) is 0 Å². The van der Waals surface area contributed by atoms with Crippen molar-refractivity contribution in [2.75, 3.05) is 5.32 Å². The van der Waals surface area contributed by atoms with Crippen LogP contribution in [0.15, 0.2) is 48.5 Å². The number of halogens is 1. The molecule has 0 aliphatic rings. The summed E-state index contributed by atoms with van der Waals surface area (Å²) in [6.45, 7) is 3.93. The van der Waals surface area contributed by atoms with Crippen LogP contribution in [0.3, 0.4) is 0 Å². The zero-order chi connectivity index (χ0) is 17.5. The maximum atomic E-state index is 12.1. The highest BCUT2D eigenvalue weighted by Crippen LogP contribution is 2.20. The topological polar surface area (TPSA) is 70.2 Å². The van der Waals surface area contributed by atoms with Gasteiger partial charge in [0.1, 0.15) is 6.04 Å². The summed E-state index contributed by atoms with van der Waals surface area (Å²) >= 11 is 6.06. The van der Waals surface area contributed by atoms with Crippen molar-refractivity contribution >= 4 is 29.2 Å². The average Bonchev–Trinajstić information content (AvgIpc) is 2.57. The summed E-state index contributed by atoms with van der Waals surface area (Å²) < 4.78 is 0. The monoisotopic (exact) mass is 345 g/mol. The van der Waals surface area contributed by atoms with Crippen molar-refractivity contribution < 1.29 is 9.59 Å². The maximum absolute atomic E-state index is 12.1. The van der Waals surface area contributed by atoms with Crippen LogP contribution in [0.25, 0.3) is 0 Å². The molecule has 0 radical (unpaired) electrons. The predicted octanol–water partition coefficient (Wildman–Crippen LogP) is 3.47. The average molecular weight is 346 g/mol. The van der Waals surface area contributed by atoms with E-state index in [0.717, 1.165) is 16.8 Å². The Morgan fingerprint density at radius 3 is 2.50 bits per heavy atom. The van der Waals surface area contributed by atoms with E-state index < -0.39 is 18.0 Å². The molecule has 2 aromatic rings. The minimum absolute atomic E-state index is 0.356. The van der Waals surface area contributed by atoms with Gasteiger partial charge in [-0.15, -0.1) is 0 Å². The lowest BCUT2D eigenvalue weighted by molar-refractivity contribution is -0.120. The number of carbonyl (C=O) groups is 2. The van der Waals surface area contributed by atoms with Crippen LogP contribution in [-0.4, -0.2) is 18.0 Å². The van der Waals surface area contributed by atoms with Gasteiger partial charge < -0.3 is 10.6 Å². The summed E-state index contributed by atoms with van der Waals surface area (Å²) in [6, 6.07) is 13.8. The highest BCUT2D eigenvalue weighted by atomic mass is 35.5. The first-order valence-electron chi connectivity index (χ1n) is 7.61. The molecule has 3 N–H and O–H groups in total. The molecule has 0 heterocycles. The predicted molar refractivity (Wildman–Crippen MR) is 96.1 cm³/mol. The molecule has 6 heteroatoms. The number of carbonyl (C=O) groups excluding carboxylic acids is 2. The van der Waals surface area contributed by atoms with Crippen molar-refractivity contribution in [2.24, 2.45) is 0 Å². The Kier molecular flexibility index (Phi) is 6.21. The molecular weight excluding hydrogens is 326 g/mol. The highest BCUT2D eigenvalue weighted by molar-refractivity contribution is 6.31. The van der Waals surface area contributed by atoms with Gasteiger partial charge in [-0.3, -0.25) is 10.1 Å². The number of imide groups is 1. The number of anilines is 1. The van der Waals surface area contributed by atoms with Gasteiger partial charge in [0, 0.05) is 17.3 Å². The molecule has 0 aliphatic heterocycles. The minimum atomic E-state index is -0.578. The second-order valence-electron chi connectivity index (χ2n) is 5.49. The molecule has 1 unspecified atom stereocenters. The van der Waals surface area contributed by atoms with Gasteiger partial charge in [0.05, 0.1) is 0 Å². The maximum Gasteiger partial charge on any atom is 0.321 e. The summed E-state index contributed by atoms with van der Waals surface area (Å²) in [6.07, 6.45) is 0. The quantitative estimate of drug-likeness (QED) is 0.777. The van der Waals surface area contributed by atoms with E-state index in [1.165, 1.54) is 0 Å². The molecule has 0 saturated carbocycles. The Morgan fingerprint density at radius 1 is 1.12 bits per heavy atom. The van der Waals surface area contributed by atoms with Gasteiger partial charge in [-0.2, -0.15) is 0 Å². The van der Waals surface area contributed by atoms with Gasteiger partial charge in [-0.05, 0) is 37.1 Å². The second-order valence-corrected chi connectivity index (χ2v) is 5.89. The normalized spacial score (nSPS) is 11.5.